The van der Waals surface area contributed by atoms with E-state index < -0.39 is 0 Å². The Bertz CT molecular complexity index is 442. The second-order valence-electron chi connectivity index (χ2n) is 5.11. The number of halogens is 1. The molecule has 1 aromatic carbocycles. The average molecular weight is 328 g/mol. The van der Waals surface area contributed by atoms with Gasteiger partial charge in [0.25, 0.3) is 0 Å². The largest absolute Gasteiger partial charge is 0.495 e. The Morgan fingerprint density at radius 2 is 1.95 bits per heavy atom. The normalized spacial score (nSPS) is 17.5. The maximum atomic E-state index is 6.08. The summed E-state index contributed by atoms with van der Waals surface area (Å²) in [6.45, 7) is 3.33. The van der Waals surface area contributed by atoms with Gasteiger partial charge < -0.3 is 15.2 Å². The first kappa shape index (κ1) is 14.7. The summed E-state index contributed by atoms with van der Waals surface area (Å²) in [5.41, 5.74) is 7.38. The summed E-state index contributed by atoms with van der Waals surface area (Å²) in [5.74, 6) is 1.72. The van der Waals surface area contributed by atoms with Crippen molar-refractivity contribution < 1.29 is 9.47 Å². The van der Waals surface area contributed by atoms with Crippen LogP contribution in [-0.2, 0) is 5.41 Å². The first-order valence-corrected chi connectivity index (χ1v) is 7.67. The molecular formula is C15H22BrNO2. The van der Waals surface area contributed by atoms with Gasteiger partial charge in [0.15, 0.2) is 0 Å². The summed E-state index contributed by atoms with van der Waals surface area (Å²) in [6.07, 6.45) is 4.77. The predicted molar refractivity (Wildman–Crippen MR) is 81.1 cm³/mol. The van der Waals surface area contributed by atoms with Crippen molar-refractivity contribution in [2.75, 3.05) is 20.3 Å². The number of benzene rings is 1. The average Bonchev–Trinajstić information content (AvgIpc) is 2.90. The molecule has 3 nitrogen and oxygen atoms in total. The van der Waals surface area contributed by atoms with Gasteiger partial charge in [-0.2, -0.15) is 0 Å². The van der Waals surface area contributed by atoms with Crippen LogP contribution in [0.3, 0.4) is 0 Å². The lowest BCUT2D eigenvalue weighted by atomic mass is 9.78. The molecule has 106 valence electrons. The SMILES string of the molecule is CCOc1cc(OC)c(Br)cc1C1(CN)CCCC1. The van der Waals surface area contributed by atoms with Crippen LogP contribution in [0.15, 0.2) is 16.6 Å². The van der Waals surface area contributed by atoms with Crippen molar-refractivity contribution in [1.29, 1.82) is 0 Å². The van der Waals surface area contributed by atoms with Crippen LogP contribution >= 0.6 is 15.9 Å². The maximum absolute atomic E-state index is 6.08. The number of rotatable bonds is 5. The summed E-state index contributed by atoms with van der Waals surface area (Å²) in [6, 6.07) is 4.10. The highest BCUT2D eigenvalue weighted by molar-refractivity contribution is 9.10. The second-order valence-corrected chi connectivity index (χ2v) is 5.96. The molecule has 0 heterocycles. The van der Waals surface area contributed by atoms with E-state index in [1.165, 1.54) is 18.4 Å². The zero-order valence-electron chi connectivity index (χ0n) is 11.7. The zero-order chi connectivity index (χ0) is 13.9. The van der Waals surface area contributed by atoms with E-state index in [9.17, 15) is 0 Å². The van der Waals surface area contributed by atoms with Crippen LogP contribution in [0.5, 0.6) is 11.5 Å². The summed E-state index contributed by atoms with van der Waals surface area (Å²) in [4.78, 5) is 0. The molecule has 0 bridgehead atoms. The third kappa shape index (κ3) is 2.75. The van der Waals surface area contributed by atoms with Crippen LogP contribution < -0.4 is 15.2 Å². The minimum atomic E-state index is 0.0687. The van der Waals surface area contributed by atoms with E-state index >= 15 is 0 Å². The maximum Gasteiger partial charge on any atom is 0.136 e. The molecule has 1 saturated carbocycles. The van der Waals surface area contributed by atoms with Crippen molar-refractivity contribution in [2.24, 2.45) is 5.73 Å². The Labute approximate surface area is 123 Å². The standard InChI is InChI=1S/C15H22BrNO2/c1-3-19-13-9-14(18-2)12(16)8-11(13)15(10-17)6-4-5-7-15/h8-9H,3-7,10,17H2,1-2H3. The molecule has 0 aromatic heterocycles. The molecule has 0 aliphatic heterocycles. The number of nitrogens with two attached hydrogens (primary N) is 1. The molecule has 1 fully saturated rings. The van der Waals surface area contributed by atoms with Gasteiger partial charge in [-0.25, -0.2) is 0 Å². The summed E-state index contributed by atoms with van der Waals surface area (Å²) in [7, 11) is 1.67. The van der Waals surface area contributed by atoms with E-state index in [1.54, 1.807) is 7.11 Å². The molecule has 0 unspecified atom stereocenters. The number of hydrogen-bond donors (Lipinski definition) is 1. The topological polar surface area (TPSA) is 44.5 Å². The third-order valence-electron chi connectivity index (χ3n) is 4.08. The Balaban J connectivity index is 2.50. The van der Waals surface area contributed by atoms with Gasteiger partial charge in [-0.15, -0.1) is 0 Å². The van der Waals surface area contributed by atoms with Gasteiger partial charge in [-0.3, -0.25) is 0 Å². The molecule has 4 heteroatoms. The fraction of sp³-hybridized carbons (Fsp3) is 0.600. The minimum absolute atomic E-state index is 0.0687. The minimum Gasteiger partial charge on any atom is -0.495 e. The van der Waals surface area contributed by atoms with E-state index in [4.69, 9.17) is 15.2 Å². The molecule has 2 rings (SSSR count). The first-order chi connectivity index (χ1) is 9.16. The smallest absolute Gasteiger partial charge is 0.136 e. The molecular weight excluding hydrogens is 306 g/mol. The highest BCUT2D eigenvalue weighted by Crippen LogP contribution is 2.46. The molecule has 0 amide bonds. The van der Waals surface area contributed by atoms with E-state index in [0.29, 0.717) is 13.2 Å². The van der Waals surface area contributed by atoms with Crippen LogP contribution in [0.2, 0.25) is 0 Å². The lowest BCUT2D eigenvalue weighted by Crippen LogP contribution is -2.32. The lowest BCUT2D eigenvalue weighted by molar-refractivity contribution is 0.318. The Kier molecular flexibility index (Phi) is 4.74. The molecule has 1 aliphatic rings. The van der Waals surface area contributed by atoms with Crippen LogP contribution in [0.4, 0.5) is 0 Å². The highest BCUT2D eigenvalue weighted by atomic mass is 79.9. The number of hydrogen-bond acceptors (Lipinski definition) is 3. The van der Waals surface area contributed by atoms with Gasteiger partial charge in [-0.05, 0) is 41.8 Å². The summed E-state index contributed by atoms with van der Waals surface area (Å²) >= 11 is 3.57. The molecule has 2 N–H and O–H groups in total. The number of methoxy groups -OCH3 is 1. The fourth-order valence-electron chi connectivity index (χ4n) is 3.02. The Morgan fingerprint density at radius 1 is 1.26 bits per heavy atom. The van der Waals surface area contributed by atoms with Crippen molar-refractivity contribution >= 4 is 15.9 Å². The van der Waals surface area contributed by atoms with Gasteiger partial charge in [0.05, 0.1) is 18.2 Å². The summed E-state index contributed by atoms with van der Waals surface area (Å²) < 4.78 is 12.1. The molecule has 0 atom stereocenters. The Hall–Kier alpha value is -0.740. The highest BCUT2D eigenvalue weighted by Gasteiger charge is 2.37. The molecule has 19 heavy (non-hydrogen) atoms. The lowest BCUT2D eigenvalue weighted by Gasteiger charge is -2.30. The van der Waals surface area contributed by atoms with E-state index in [-0.39, 0.29) is 5.41 Å². The van der Waals surface area contributed by atoms with E-state index in [1.807, 2.05) is 13.0 Å². The predicted octanol–water partition coefficient (Wildman–Crippen LogP) is 3.63. The van der Waals surface area contributed by atoms with E-state index in [0.717, 1.165) is 28.8 Å². The molecule has 0 radical (unpaired) electrons. The summed E-state index contributed by atoms with van der Waals surface area (Å²) in [5, 5.41) is 0. The van der Waals surface area contributed by atoms with Gasteiger partial charge in [-0.1, -0.05) is 12.8 Å². The van der Waals surface area contributed by atoms with Gasteiger partial charge in [0.2, 0.25) is 0 Å². The molecule has 0 saturated heterocycles. The van der Waals surface area contributed by atoms with Gasteiger partial charge in [0.1, 0.15) is 11.5 Å². The van der Waals surface area contributed by atoms with Crippen molar-refractivity contribution in [2.45, 2.75) is 38.0 Å². The van der Waals surface area contributed by atoms with Crippen molar-refractivity contribution in [3.05, 3.63) is 22.2 Å². The third-order valence-corrected chi connectivity index (χ3v) is 4.70. The molecule has 1 aromatic rings. The number of ether oxygens (including phenoxy) is 2. The first-order valence-electron chi connectivity index (χ1n) is 6.87. The fourth-order valence-corrected chi connectivity index (χ4v) is 3.52. The van der Waals surface area contributed by atoms with Crippen molar-refractivity contribution in [3.8, 4) is 11.5 Å². The monoisotopic (exact) mass is 327 g/mol. The second kappa shape index (κ2) is 6.14. The van der Waals surface area contributed by atoms with Crippen LogP contribution in [0, 0.1) is 0 Å². The van der Waals surface area contributed by atoms with Crippen molar-refractivity contribution in [1.82, 2.24) is 0 Å². The Morgan fingerprint density at radius 3 is 2.47 bits per heavy atom. The van der Waals surface area contributed by atoms with Crippen LogP contribution in [0.25, 0.3) is 0 Å². The zero-order valence-corrected chi connectivity index (χ0v) is 13.3. The van der Waals surface area contributed by atoms with Gasteiger partial charge >= 0.3 is 0 Å². The van der Waals surface area contributed by atoms with E-state index in [2.05, 4.69) is 22.0 Å². The molecule has 0 spiro atoms. The van der Waals surface area contributed by atoms with Crippen LogP contribution in [-0.4, -0.2) is 20.3 Å². The molecule has 1 aliphatic carbocycles. The van der Waals surface area contributed by atoms with Crippen LogP contribution in [0.1, 0.15) is 38.2 Å². The van der Waals surface area contributed by atoms with Gasteiger partial charge in [0, 0.05) is 23.6 Å². The van der Waals surface area contributed by atoms with Crippen molar-refractivity contribution in [3.63, 3.8) is 0 Å². The quantitative estimate of drug-likeness (QED) is 0.898.